The Labute approximate surface area is 194 Å². The van der Waals surface area contributed by atoms with Gasteiger partial charge >= 0.3 is 12.2 Å². The highest BCUT2D eigenvalue weighted by Crippen LogP contribution is 2.40. The fourth-order valence-electron chi connectivity index (χ4n) is 3.41. The Hall–Kier alpha value is -3.30. The van der Waals surface area contributed by atoms with Crippen molar-refractivity contribution in [3.63, 3.8) is 0 Å². The summed E-state index contributed by atoms with van der Waals surface area (Å²) in [7, 11) is 2.97. The maximum Gasteiger partial charge on any atom is 0.534 e. The second-order valence-corrected chi connectivity index (χ2v) is 9.74. The molecule has 182 valence electrons. The molecular weight excluding hydrogens is 430 g/mol. The Morgan fingerprint density at radius 2 is 1.61 bits per heavy atom. The van der Waals surface area contributed by atoms with Crippen LogP contribution in [0.25, 0.3) is 0 Å². The smallest absolute Gasteiger partial charge is 0.496 e. The number of carbonyl (C=O) groups is 3. The minimum Gasteiger partial charge on any atom is -0.496 e. The number of hydroxylamine groups is 2. The Kier molecular flexibility index (Phi) is 7.01. The lowest BCUT2D eigenvalue weighted by Crippen LogP contribution is -2.59. The van der Waals surface area contributed by atoms with Gasteiger partial charge in [0.15, 0.2) is 0 Å². The van der Waals surface area contributed by atoms with Crippen molar-refractivity contribution in [2.45, 2.75) is 72.1 Å². The number of benzene rings is 1. The van der Waals surface area contributed by atoms with Crippen molar-refractivity contribution < 1.29 is 33.4 Å². The van der Waals surface area contributed by atoms with Gasteiger partial charge in [-0.3, -0.25) is 9.63 Å². The molecular formula is C23H33N3O7. The number of amides is 2. The van der Waals surface area contributed by atoms with E-state index in [1.807, 2.05) is 0 Å². The van der Waals surface area contributed by atoms with E-state index in [2.05, 4.69) is 5.10 Å². The number of hydrogen-bond acceptors (Lipinski definition) is 8. The number of carbonyl (C=O) groups excluding carboxylic acids is 3. The molecule has 0 saturated carbocycles. The fourth-order valence-corrected chi connectivity index (χ4v) is 3.41. The molecule has 1 aromatic rings. The normalized spacial score (nSPS) is 18.5. The van der Waals surface area contributed by atoms with Crippen LogP contribution in [0, 0.1) is 6.92 Å². The molecule has 2 amide bonds. The van der Waals surface area contributed by atoms with E-state index in [1.165, 1.54) is 14.2 Å². The number of hydrogen-bond donors (Lipinski definition) is 0. The molecule has 0 spiro atoms. The van der Waals surface area contributed by atoms with E-state index in [-0.39, 0.29) is 5.71 Å². The lowest BCUT2D eigenvalue weighted by Gasteiger charge is -2.38. The van der Waals surface area contributed by atoms with Gasteiger partial charge in [0.25, 0.3) is 5.91 Å². The first kappa shape index (κ1) is 26.0. The Morgan fingerprint density at radius 1 is 1.03 bits per heavy atom. The average molecular weight is 464 g/mol. The second kappa shape index (κ2) is 8.92. The Balaban J connectivity index is 2.74. The van der Waals surface area contributed by atoms with Crippen molar-refractivity contribution in [2.75, 3.05) is 14.2 Å². The van der Waals surface area contributed by atoms with E-state index >= 15 is 0 Å². The minimum absolute atomic E-state index is 0.203. The Morgan fingerprint density at radius 3 is 2.03 bits per heavy atom. The molecule has 0 aromatic heterocycles. The van der Waals surface area contributed by atoms with Gasteiger partial charge in [0, 0.05) is 7.05 Å². The van der Waals surface area contributed by atoms with Gasteiger partial charge < -0.3 is 14.2 Å². The summed E-state index contributed by atoms with van der Waals surface area (Å²) in [5.41, 5.74) is -2.52. The molecule has 33 heavy (non-hydrogen) atoms. The quantitative estimate of drug-likeness (QED) is 0.489. The van der Waals surface area contributed by atoms with Crippen molar-refractivity contribution in [2.24, 2.45) is 5.10 Å². The van der Waals surface area contributed by atoms with Gasteiger partial charge in [0.2, 0.25) is 5.54 Å². The zero-order valence-corrected chi connectivity index (χ0v) is 20.9. The molecule has 1 atom stereocenters. The highest BCUT2D eigenvalue weighted by Gasteiger charge is 2.60. The summed E-state index contributed by atoms with van der Waals surface area (Å²) in [5.74, 6) is -0.0295. The third kappa shape index (κ3) is 5.37. The number of likely N-dealkylation sites (N-methyl/N-ethyl adjacent to an activating group) is 1. The van der Waals surface area contributed by atoms with Gasteiger partial charge in [-0.2, -0.15) is 5.10 Å². The van der Waals surface area contributed by atoms with E-state index in [0.29, 0.717) is 21.9 Å². The Bertz CT molecular complexity index is 975. The maximum atomic E-state index is 13.6. The summed E-state index contributed by atoms with van der Waals surface area (Å²) in [6.07, 6.45) is -2.23. The predicted octanol–water partition coefficient (Wildman–Crippen LogP) is 4.15. The SMILES string of the molecule is COc1ccc(C2(N(OC(=O)OC(C)(C)C)C(=O)OC(C)(C)C)C(=O)N(C)N=C2C)cc1C. The van der Waals surface area contributed by atoms with Crippen LogP contribution in [0.15, 0.2) is 23.3 Å². The molecule has 2 rings (SSSR count). The van der Waals surface area contributed by atoms with Crippen LogP contribution >= 0.6 is 0 Å². The van der Waals surface area contributed by atoms with Crippen LogP contribution < -0.4 is 4.74 Å². The first-order chi connectivity index (χ1) is 15.0. The lowest BCUT2D eigenvalue weighted by molar-refractivity contribution is -0.181. The molecule has 1 aliphatic rings. The molecule has 10 nitrogen and oxygen atoms in total. The highest BCUT2D eigenvalue weighted by molar-refractivity contribution is 6.17. The summed E-state index contributed by atoms with van der Waals surface area (Å²) in [6, 6.07) is 4.94. The first-order valence-electron chi connectivity index (χ1n) is 10.5. The van der Waals surface area contributed by atoms with Gasteiger partial charge in [0.1, 0.15) is 17.0 Å². The van der Waals surface area contributed by atoms with Crippen LogP contribution in [0.1, 0.15) is 59.6 Å². The summed E-state index contributed by atoms with van der Waals surface area (Å²) >= 11 is 0. The molecule has 0 bridgehead atoms. The highest BCUT2D eigenvalue weighted by atomic mass is 16.8. The molecule has 1 aliphatic heterocycles. The van der Waals surface area contributed by atoms with Crippen LogP contribution in [0.3, 0.4) is 0 Å². The number of rotatable bonds is 3. The standard InChI is InChI=1S/C23H33N3O7/c1-14-13-16(11-12-17(14)30-10)23(15(2)24-25(9)18(23)27)26(19(28)31-21(3,4)5)33-20(29)32-22(6,7)8/h11-13H,1-10H3. The molecule has 1 unspecified atom stereocenters. The molecule has 0 aliphatic carbocycles. The number of methoxy groups -OCH3 is 1. The average Bonchev–Trinajstić information content (AvgIpc) is 2.86. The monoisotopic (exact) mass is 463 g/mol. The van der Waals surface area contributed by atoms with Gasteiger partial charge in [-0.1, -0.05) is 6.07 Å². The third-order valence-electron chi connectivity index (χ3n) is 4.66. The van der Waals surface area contributed by atoms with Gasteiger partial charge in [-0.05, 0) is 78.6 Å². The van der Waals surface area contributed by atoms with Crippen LogP contribution in [0.4, 0.5) is 9.59 Å². The minimum atomic E-state index is -1.91. The topological polar surface area (TPSA) is 107 Å². The van der Waals surface area contributed by atoms with Crippen LogP contribution in [0.5, 0.6) is 5.75 Å². The van der Waals surface area contributed by atoms with E-state index in [0.717, 1.165) is 5.01 Å². The summed E-state index contributed by atoms with van der Waals surface area (Å²) in [6.45, 7) is 13.3. The molecule has 0 radical (unpaired) electrons. The number of aryl methyl sites for hydroxylation is 1. The number of ether oxygens (including phenoxy) is 3. The molecule has 1 aromatic carbocycles. The largest absolute Gasteiger partial charge is 0.534 e. The summed E-state index contributed by atoms with van der Waals surface area (Å²) in [5, 5.41) is 5.94. The molecule has 10 heteroatoms. The van der Waals surface area contributed by atoms with E-state index in [4.69, 9.17) is 19.0 Å². The number of hydrazone groups is 1. The fraction of sp³-hybridized carbons (Fsp3) is 0.565. The van der Waals surface area contributed by atoms with Gasteiger partial charge in [-0.15, -0.1) is 5.06 Å². The maximum absolute atomic E-state index is 13.6. The molecule has 1 heterocycles. The molecule has 0 N–H and O–H groups in total. The summed E-state index contributed by atoms with van der Waals surface area (Å²) < 4.78 is 16.1. The van der Waals surface area contributed by atoms with Crippen LogP contribution in [0.2, 0.25) is 0 Å². The summed E-state index contributed by atoms with van der Waals surface area (Å²) in [4.78, 5) is 45.0. The van der Waals surface area contributed by atoms with E-state index < -0.39 is 34.9 Å². The molecule has 0 fully saturated rings. The van der Waals surface area contributed by atoms with Gasteiger partial charge in [-0.25, -0.2) is 14.6 Å². The van der Waals surface area contributed by atoms with Crippen molar-refractivity contribution in [3.05, 3.63) is 29.3 Å². The van der Waals surface area contributed by atoms with Crippen LogP contribution in [-0.2, 0) is 24.6 Å². The van der Waals surface area contributed by atoms with Crippen molar-refractivity contribution in [1.29, 1.82) is 0 Å². The first-order valence-corrected chi connectivity index (χ1v) is 10.5. The third-order valence-corrected chi connectivity index (χ3v) is 4.66. The predicted molar refractivity (Wildman–Crippen MR) is 121 cm³/mol. The number of nitrogens with zero attached hydrogens (tertiary/aromatic N) is 3. The second-order valence-electron chi connectivity index (χ2n) is 9.74. The van der Waals surface area contributed by atoms with E-state index in [1.54, 1.807) is 73.6 Å². The van der Waals surface area contributed by atoms with E-state index in [9.17, 15) is 14.4 Å². The van der Waals surface area contributed by atoms with Gasteiger partial charge in [0.05, 0.1) is 12.8 Å². The zero-order valence-electron chi connectivity index (χ0n) is 20.9. The van der Waals surface area contributed by atoms with Crippen molar-refractivity contribution in [1.82, 2.24) is 10.1 Å². The molecule has 0 saturated heterocycles. The van der Waals surface area contributed by atoms with Crippen LogP contribution in [-0.4, -0.2) is 59.3 Å². The van der Waals surface area contributed by atoms with Crippen molar-refractivity contribution in [3.8, 4) is 5.75 Å². The van der Waals surface area contributed by atoms with Crippen molar-refractivity contribution >= 4 is 23.9 Å². The lowest BCUT2D eigenvalue weighted by atomic mass is 9.84. The zero-order chi connectivity index (χ0) is 25.4.